The van der Waals surface area contributed by atoms with Crippen LogP contribution in [0.1, 0.15) is 30.1 Å². The molecule has 134 valence electrons. The number of aromatic nitrogens is 3. The summed E-state index contributed by atoms with van der Waals surface area (Å²) in [5.74, 6) is 7.61. The number of anilines is 1. The number of hydrogen-bond donors (Lipinski definition) is 1. The van der Waals surface area contributed by atoms with Gasteiger partial charge >= 0.3 is 0 Å². The fourth-order valence-electron chi connectivity index (χ4n) is 2.50. The molecule has 0 bridgehead atoms. The summed E-state index contributed by atoms with van der Waals surface area (Å²) in [7, 11) is 5.82. The number of nitrogens with two attached hydrogens (primary N) is 1. The largest absolute Gasteiger partial charge is 0.378 e. The summed E-state index contributed by atoms with van der Waals surface area (Å²) >= 11 is 1.33. The average Bonchev–Trinajstić information content (AvgIpc) is 3.36. The van der Waals surface area contributed by atoms with Crippen molar-refractivity contribution < 1.29 is 4.79 Å². The molecule has 0 saturated heterocycles. The van der Waals surface area contributed by atoms with E-state index < -0.39 is 0 Å². The molecule has 0 radical (unpaired) electrons. The minimum absolute atomic E-state index is 0.0395. The third-order valence-electron chi connectivity index (χ3n) is 4.26. The second-order valence-electron chi connectivity index (χ2n) is 6.58. The molecule has 25 heavy (non-hydrogen) atoms. The van der Waals surface area contributed by atoms with Crippen molar-refractivity contribution in [3.63, 3.8) is 0 Å². The van der Waals surface area contributed by atoms with Crippen LogP contribution in [0, 0.1) is 0 Å². The molecule has 1 aliphatic carbocycles. The quantitative estimate of drug-likeness (QED) is 0.598. The Bertz CT molecular complexity index is 738. The van der Waals surface area contributed by atoms with Crippen LogP contribution in [-0.2, 0) is 11.3 Å². The van der Waals surface area contributed by atoms with E-state index in [1.807, 2.05) is 38.2 Å². The number of carbonyl (C=O) groups is 1. The highest BCUT2D eigenvalue weighted by Gasteiger charge is 2.30. The molecule has 8 heteroatoms. The SMILES string of the molecule is CN(Cc1ccc(N(C)C)cc1)C(=O)CSc1nnc(C2CC2)n1N. The molecule has 1 aliphatic rings. The number of benzene rings is 1. The van der Waals surface area contributed by atoms with Gasteiger partial charge in [-0.1, -0.05) is 23.9 Å². The molecule has 2 aromatic rings. The van der Waals surface area contributed by atoms with Crippen LogP contribution in [0.2, 0.25) is 0 Å². The minimum atomic E-state index is 0.0395. The molecule has 0 aliphatic heterocycles. The second-order valence-corrected chi connectivity index (χ2v) is 7.53. The van der Waals surface area contributed by atoms with Crippen molar-refractivity contribution >= 4 is 23.4 Å². The molecule has 1 aromatic carbocycles. The highest BCUT2D eigenvalue weighted by molar-refractivity contribution is 7.99. The molecule has 0 atom stereocenters. The number of nitrogens with zero attached hydrogens (tertiary/aromatic N) is 5. The van der Waals surface area contributed by atoms with Crippen molar-refractivity contribution in [2.45, 2.75) is 30.5 Å². The van der Waals surface area contributed by atoms with Crippen molar-refractivity contribution in [2.24, 2.45) is 0 Å². The third kappa shape index (κ3) is 4.25. The summed E-state index contributed by atoms with van der Waals surface area (Å²) in [4.78, 5) is 16.1. The number of nitrogen functional groups attached to an aromatic ring is 1. The fourth-order valence-corrected chi connectivity index (χ4v) is 3.31. The molecular formula is C17H24N6OS. The van der Waals surface area contributed by atoms with E-state index in [9.17, 15) is 4.79 Å². The summed E-state index contributed by atoms with van der Waals surface area (Å²) in [5.41, 5.74) is 2.24. The lowest BCUT2D eigenvalue weighted by atomic mass is 10.2. The molecule has 3 rings (SSSR count). The zero-order chi connectivity index (χ0) is 18.0. The summed E-state index contributed by atoms with van der Waals surface area (Å²) in [6, 6.07) is 8.20. The zero-order valence-electron chi connectivity index (χ0n) is 14.8. The summed E-state index contributed by atoms with van der Waals surface area (Å²) in [5, 5.41) is 8.82. The van der Waals surface area contributed by atoms with E-state index in [1.165, 1.54) is 16.4 Å². The molecule has 1 saturated carbocycles. The van der Waals surface area contributed by atoms with E-state index in [0.29, 0.717) is 23.4 Å². The third-order valence-corrected chi connectivity index (χ3v) is 5.18. The van der Waals surface area contributed by atoms with Gasteiger partial charge in [-0.3, -0.25) is 4.79 Å². The van der Waals surface area contributed by atoms with Crippen molar-refractivity contribution in [3.05, 3.63) is 35.7 Å². The smallest absolute Gasteiger partial charge is 0.233 e. The van der Waals surface area contributed by atoms with Crippen LogP contribution in [0.4, 0.5) is 5.69 Å². The maximum absolute atomic E-state index is 12.4. The van der Waals surface area contributed by atoms with Gasteiger partial charge in [0.1, 0.15) is 0 Å². The van der Waals surface area contributed by atoms with Gasteiger partial charge in [0.25, 0.3) is 0 Å². The number of hydrogen-bond acceptors (Lipinski definition) is 6. The van der Waals surface area contributed by atoms with Crippen LogP contribution in [0.15, 0.2) is 29.4 Å². The van der Waals surface area contributed by atoms with E-state index in [1.54, 1.807) is 4.90 Å². The molecule has 7 nitrogen and oxygen atoms in total. The van der Waals surface area contributed by atoms with E-state index in [4.69, 9.17) is 5.84 Å². The first-order valence-corrected chi connectivity index (χ1v) is 9.27. The topological polar surface area (TPSA) is 80.3 Å². The number of rotatable bonds is 7. The lowest BCUT2D eigenvalue weighted by Gasteiger charge is -2.18. The fraction of sp³-hybridized carbons (Fsp3) is 0.471. The van der Waals surface area contributed by atoms with Gasteiger partial charge in [0.05, 0.1) is 5.75 Å². The van der Waals surface area contributed by atoms with Gasteiger partial charge in [0.2, 0.25) is 11.1 Å². The van der Waals surface area contributed by atoms with Gasteiger partial charge in [-0.25, -0.2) is 4.68 Å². The Labute approximate surface area is 152 Å². The molecular weight excluding hydrogens is 336 g/mol. The molecule has 1 amide bonds. The first kappa shape index (κ1) is 17.6. The second kappa shape index (κ2) is 7.35. The van der Waals surface area contributed by atoms with Gasteiger partial charge < -0.3 is 15.6 Å². The van der Waals surface area contributed by atoms with E-state index in [0.717, 1.165) is 29.9 Å². The Morgan fingerprint density at radius 3 is 2.52 bits per heavy atom. The molecule has 2 N–H and O–H groups in total. The first-order chi connectivity index (χ1) is 12.0. The summed E-state index contributed by atoms with van der Waals surface area (Å²) < 4.78 is 1.52. The van der Waals surface area contributed by atoms with Crippen LogP contribution in [-0.4, -0.2) is 52.6 Å². The number of thioether (sulfide) groups is 1. The normalized spacial score (nSPS) is 13.7. The summed E-state index contributed by atoms with van der Waals surface area (Å²) in [6.07, 6.45) is 2.24. The highest BCUT2D eigenvalue weighted by atomic mass is 32.2. The number of amides is 1. The number of carbonyl (C=O) groups excluding carboxylic acids is 1. The van der Waals surface area contributed by atoms with Crippen LogP contribution in [0.3, 0.4) is 0 Å². The molecule has 0 unspecified atom stereocenters. The van der Waals surface area contributed by atoms with E-state index in [2.05, 4.69) is 22.3 Å². The predicted octanol–water partition coefficient (Wildman–Crippen LogP) is 1.69. The van der Waals surface area contributed by atoms with Gasteiger partial charge in [-0.2, -0.15) is 0 Å². The van der Waals surface area contributed by atoms with E-state index >= 15 is 0 Å². The Kier molecular flexibility index (Phi) is 5.17. The Hall–Kier alpha value is -2.22. The molecule has 1 aromatic heterocycles. The summed E-state index contributed by atoms with van der Waals surface area (Å²) in [6.45, 7) is 0.579. The predicted molar refractivity (Wildman–Crippen MR) is 100 cm³/mol. The minimum Gasteiger partial charge on any atom is -0.378 e. The molecule has 1 heterocycles. The Morgan fingerprint density at radius 1 is 1.24 bits per heavy atom. The van der Waals surface area contributed by atoms with Crippen LogP contribution in [0.25, 0.3) is 0 Å². The van der Waals surface area contributed by atoms with Crippen molar-refractivity contribution in [2.75, 3.05) is 37.6 Å². The lowest BCUT2D eigenvalue weighted by molar-refractivity contribution is -0.127. The average molecular weight is 360 g/mol. The standard InChI is InChI=1S/C17H24N6OS/c1-21(2)14-8-4-12(5-9-14)10-22(3)15(24)11-25-17-20-19-16(23(17)18)13-6-7-13/h4-5,8-9,13H,6-7,10-11,18H2,1-3H3. The molecule has 1 fully saturated rings. The monoisotopic (exact) mass is 360 g/mol. The van der Waals surface area contributed by atoms with Crippen LogP contribution < -0.4 is 10.7 Å². The van der Waals surface area contributed by atoms with Gasteiger partial charge in [-0.15, -0.1) is 10.2 Å². The van der Waals surface area contributed by atoms with Gasteiger partial charge in [0.15, 0.2) is 5.82 Å². The maximum Gasteiger partial charge on any atom is 0.233 e. The zero-order valence-corrected chi connectivity index (χ0v) is 15.7. The highest BCUT2D eigenvalue weighted by Crippen LogP contribution is 2.39. The maximum atomic E-state index is 12.4. The van der Waals surface area contributed by atoms with E-state index in [-0.39, 0.29) is 5.91 Å². The molecule has 0 spiro atoms. The Balaban J connectivity index is 1.52. The van der Waals surface area contributed by atoms with Crippen molar-refractivity contribution in [1.82, 2.24) is 19.8 Å². The van der Waals surface area contributed by atoms with Gasteiger partial charge in [-0.05, 0) is 30.5 Å². The van der Waals surface area contributed by atoms with Gasteiger partial charge in [0, 0.05) is 39.3 Å². The van der Waals surface area contributed by atoms with Crippen molar-refractivity contribution in [3.8, 4) is 0 Å². The van der Waals surface area contributed by atoms with Crippen LogP contribution in [0.5, 0.6) is 0 Å². The first-order valence-electron chi connectivity index (χ1n) is 8.29. The Morgan fingerprint density at radius 2 is 1.92 bits per heavy atom. The van der Waals surface area contributed by atoms with Crippen LogP contribution >= 0.6 is 11.8 Å². The lowest BCUT2D eigenvalue weighted by Crippen LogP contribution is -2.28. The van der Waals surface area contributed by atoms with Crippen molar-refractivity contribution in [1.29, 1.82) is 0 Å².